The van der Waals surface area contributed by atoms with E-state index in [0.717, 1.165) is 39.0 Å². The van der Waals surface area contributed by atoms with Crippen molar-refractivity contribution in [1.29, 1.82) is 0 Å². The van der Waals surface area contributed by atoms with Crippen molar-refractivity contribution in [2.75, 3.05) is 46.4 Å². The molecule has 1 heterocycles. The zero-order chi connectivity index (χ0) is 20.8. The third-order valence-electron chi connectivity index (χ3n) is 4.72. The van der Waals surface area contributed by atoms with Crippen LogP contribution in [0.4, 0.5) is 16.5 Å². The topological polar surface area (TPSA) is 59.5 Å². The molecule has 0 radical (unpaired) electrons. The number of nitrogens with zero attached hydrogens (tertiary/aromatic N) is 4. The summed E-state index contributed by atoms with van der Waals surface area (Å²) >= 11 is 1.58. The number of anilines is 1. The van der Waals surface area contributed by atoms with E-state index in [1.54, 1.807) is 32.7 Å². The Bertz CT molecular complexity index is 972. The van der Waals surface area contributed by atoms with Crippen LogP contribution in [0.25, 0.3) is 10.2 Å². The number of fused-ring (bicyclic) bond motifs is 1. The normalized spacial score (nSPS) is 12.6. The van der Waals surface area contributed by atoms with Crippen LogP contribution in [0.1, 0.15) is 0 Å². The second-order valence-electron chi connectivity index (χ2n) is 6.69. The Labute approximate surface area is 175 Å². The highest BCUT2D eigenvalue weighted by Crippen LogP contribution is 2.30. The molecule has 0 aliphatic heterocycles. The molecule has 7 nitrogen and oxygen atoms in total. The van der Waals surface area contributed by atoms with Gasteiger partial charge in [0.1, 0.15) is 17.0 Å². The van der Waals surface area contributed by atoms with Crippen LogP contribution in [0.3, 0.4) is 0 Å². The first kappa shape index (κ1) is 21.2. The van der Waals surface area contributed by atoms with Gasteiger partial charge >= 0.3 is 5.13 Å². The van der Waals surface area contributed by atoms with Crippen LogP contribution in [-0.2, 0) is 16.5 Å². The standard InChI is InChI=1S/C21H27N4O3S/c1-24(13-18(28-5)14-26-3)16-8-6-15(7-9-16)22-23-21-25(2)19-11-10-17(27-4)12-20(19)29-21/h6-12,18H,13-14H2,1-5H3/q+1. The summed E-state index contributed by atoms with van der Waals surface area (Å²) in [4.78, 5) is 2.13. The highest BCUT2D eigenvalue weighted by Gasteiger charge is 2.17. The molecule has 154 valence electrons. The van der Waals surface area contributed by atoms with E-state index in [4.69, 9.17) is 14.2 Å². The van der Waals surface area contributed by atoms with Gasteiger partial charge in [0.05, 0.1) is 36.7 Å². The Morgan fingerprint density at radius 1 is 1.07 bits per heavy atom. The fraction of sp³-hybridized carbons (Fsp3) is 0.381. The van der Waals surface area contributed by atoms with Crippen molar-refractivity contribution in [2.24, 2.45) is 17.3 Å². The lowest BCUT2D eigenvalue weighted by atomic mass is 10.2. The number of likely N-dealkylation sites (N-methyl/N-ethyl adjacent to an activating group) is 1. The Balaban J connectivity index is 1.71. The smallest absolute Gasteiger partial charge is 0.409 e. The molecule has 1 unspecified atom stereocenters. The summed E-state index contributed by atoms with van der Waals surface area (Å²) in [5.74, 6) is 0.837. The maximum absolute atomic E-state index is 5.44. The van der Waals surface area contributed by atoms with Gasteiger partial charge in [0.25, 0.3) is 0 Å². The van der Waals surface area contributed by atoms with Gasteiger partial charge in [-0.25, -0.2) is 4.57 Å². The van der Waals surface area contributed by atoms with Crippen molar-refractivity contribution < 1.29 is 18.8 Å². The largest absolute Gasteiger partial charge is 0.497 e. The van der Waals surface area contributed by atoms with Crippen molar-refractivity contribution in [3.8, 4) is 5.75 Å². The third kappa shape index (κ3) is 5.09. The number of ether oxygens (including phenoxy) is 3. The van der Waals surface area contributed by atoms with Gasteiger partial charge < -0.3 is 19.1 Å². The molecule has 8 heteroatoms. The number of azo groups is 1. The van der Waals surface area contributed by atoms with E-state index < -0.39 is 0 Å². The quantitative estimate of drug-likeness (QED) is 0.387. The summed E-state index contributed by atoms with van der Waals surface area (Å²) in [6, 6.07) is 14.0. The predicted octanol–water partition coefficient (Wildman–Crippen LogP) is 4.25. The fourth-order valence-corrected chi connectivity index (χ4v) is 4.00. The van der Waals surface area contributed by atoms with Crippen LogP contribution in [0.5, 0.6) is 5.75 Å². The molecule has 0 aliphatic rings. The molecule has 29 heavy (non-hydrogen) atoms. The van der Waals surface area contributed by atoms with E-state index in [9.17, 15) is 0 Å². The van der Waals surface area contributed by atoms with Gasteiger partial charge in [0.2, 0.25) is 0 Å². The Morgan fingerprint density at radius 2 is 1.83 bits per heavy atom. The number of rotatable bonds is 9. The SMILES string of the molecule is COCC(CN(C)c1ccc(N=Nc2sc3cc(OC)ccc3[n+]2C)cc1)OC. The van der Waals surface area contributed by atoms with E-state index in [0.29, 0.717) is 6.61 Å². The first-order valence-corrected chi connectivity index (χ1v) is 10.1. The van der Waals surface area contributed by atoms with E-state index in [1.165, 1.54) is 0 Å². The summed E-state index contributed by atoms with van der Waals surface area (Å²) in [6.07, 6.45) is 0.0240. The molecule has 0 N–H and O–H groups in total. The minimum absolute atomic E-state index is 0.0240. The summed E-state index contributed by atoms with van der Waals surface area (Å²) in [7, 11) is 9.07. The maximum atomic E-state index is 5.44. The molecule has 0 saturated carbocycles. The van der Waals surface area contributed by atoms with Crippen LogP contribution in [0.2, 0.25) is 0 Å². The monoisotopic (exact) mass is 415 g/mol. The van der Waals surface area contributed by atoms with E-state index in [1.807, 2.05) is 61.1 Å². The van der Waals surface area contributed by atoms with Crippen LogP contribution in [0, 0.1) is 0 Å². The van der Waals surface area contributed by atoms with E-state index >= 15 is 0 Å². The van der Waals surface area contributed by atoms with Crippen molar-refractivity contribution in [3.63, 3.8) is 0 Å². The molecule has 3 rings (SSSR count). The molecule has 0 bridgehead atoms. The molecular formula is C21H27N4O3S+. The van der Waals surface area contributed by atoms with Gasteiger partial charge in [-0.1, -0.05) is 0 Å². The van der Waals surface area contributed by atoms with Gasteiger partial charge in [-0.15, -0.1) is 0 Å². The molecular weight excluding hydrogens is 388 g/mol. The second kappa shape index (κ2) is 9.78. The Hall–Kier alpha value is -2.55. The van der Waals surface area contributed by atoms with Gasteiger partial charge in [0.15, 0.2) is 0 Å². The first-order valence-electron chi connectivity index (χ1n) is 9.27. The highest BCUT2D eigenvalue weighted by molar-refractivity contribution is 7.21. The Kier molecular flexibility index (Phi) is 7.13. The first-order chi connectivity index (χ1) is 14.0. The summed E-state index contributed by atoms with van der Waals surface area (Å²) in [6.45, 7) is 1.30. The summed E-state index contributed by atoms with van der Waals surface area (Å²) < 4.78 is 19.1. The maximum Gasteiger partial charge on any atom is 0.409 e. The molecule has 0 fully saturated rings. The molecule has 0 saturated heterocycles. The van der Waals surface area contributed by atoms with Gasteiger partial charge in [-0.05, 0) is 52.8 Å². The lowest BCUT2D eigenvalue weighted by molar-refractivity contribution is -0.627. The third-order valence-corrected chi connectivity index (χ3v) is 5.81. The van der Waals surface area contributed by atoms with Gasteiger partial charge in [-0.3, -0.25) is 0 Å². The van der Waals surface area contributed by atoms with Crippen molar-refractivity contribution >= 4 is 38.1 Å². The molecule has 2 aromatic carbocycles. The molecule has 0 amide bonds. The summed E-state index contributed by atoms with van der Waals surface area (Å²) in [5.41, 5.74) is 2.99. The number of hydrogen-bond donors (Lipinski definition) is 0. The minimum Gasteiger partial charge on any atom is -0.497 e. The minimum atomic E-state index is 0.0240. The van der Waals surface area contributed by atoms with E-state index in [-0.39, 0.29) is 6.10 Å². The van der Waals surface area contributed by atoms with Crippen LogP contribution in [0.15, 0.2) is 52.7 Å². The highest BCUT2D eigenvalue weighted by atomic mass is 32.1. The zero-order valence-electron chi connectivity index (χ0n) is 17.5. The van der Waals surface area contributed by atoms with Gasteiger partial charge in [0, 0.05) is 39.6 Å². The van der Waals surface area contributed by atoms with Crippen LogP contribution < -0.4 is 14.2 Å². The predicted molar refractivity (Wildman–Crippen MR) is 116 cm³/mol. The molecule has 3 aromatic rings. The number of methoxy groups -OCH3 is 3. The average Bonchev–Trinajstić information content (AvgIpc) is 3.07. The number of aromatic nitrogens is 1. The Morgan fingerprint density at radius 3 is 2.48 bits per heavy atom. The van der Waals surface area contributed by atoms with Crippen LogP contribution in [-0.4, -0.2) is 47.6 Å². The molecule has 1 atom stereocenters. The van der Waals surface area contributed by atoms with Crippen molar-refractivity contribution in [3.05, 3.63) is 42.5 Å². The van der Waals surface area contributed by atoms with Crippen molar-refractivity contribution in [2.45, 2.75) is 6.10 Å². The average molecular weight is 416 g/mol. The molecule has 0 aliphatic carbocycles. The molecule has 1 aromatic heterocycles. The number of thiazole rings is 1. The summed E-state index contributed by atoms with van der Waals surface area (Å²) in [5, 5.41) is 9.68. The van der Waals surface area contributed by atoms with Gasteiger partial charge in [-0.2, -0.15) is 0 Å². The van der Waals surface area contributed by atoms with E-state index in [2.05, 4.69) is 15.1 Å². The number of hydrogen-bond acceptors (Lipinski definition) is 7. The van der Waals surface area contributed by atoms with Crippen LogP contribution >= 0.6 is 11.3 Å². The number of benzene rings is 2. The lowest BCUT2D eigenvalue weighted by Gasteiger charge is -2.24. The number of aryl methyl sites for hydroxylation is 1. The lowest BCUT2D eigenvalue weighted by Crippen LogP contribution is -2.33. The molecule has 0 spiro atoms. The fourth-order valence-electron chi connectivity index (χ4n) is 3.00. The van der Waals surface area contributed by atoms with Crippen molar-refractivity contribution in [1.82, 2.24) is 0 Å². The second-order valence-corrected chi connectivity index (χ2v) is 7.70. The zero-order valence-corrected chi connectivity index (χ0v) is 18.3.